The fourth-order valence-electron chi connectivity index (χ4n) is 9.85. The monoisotopic (exact) mass is 854 g/mol. The molecule has 65 heavy (non-hydrogen) atoms. The highest BCUT2D eigenvalue weighted by atomic mass is 19.4. The maximum absolute atomic E-state index is 14.8. The largest absolute Gasteiger partial charge is 0.417 e. The molecule has 0 aliphatic rings. The number of rotatable bonds is 7. The number of hydrogen-bond acceptors (Lipinski definition) is 3. The van der Waals surface area contributed by atoms with Gasteiger partial charge in [-0.25, -0.2) is 15.0 Å². The van der Waals surface area contributed by atoms with E-state index in [9.17, 15) is 13.2 Å². The van der Waals surface area contributed by atoms with Crippen molar-refractivity contribution in [2.45, 2.75) is 47.7 Å². The summed E-state index contributed by atoms with van der Waals surface area (Å²) in [5, 5.41) is 2.03. The fraction of sp³-hybridized carbons (Fsp3) is 0.121. The molecule has 10 aromatic rings. The van der Waals surface area contributed by atoms with E-state index in [-0.39, 0.29) is 5.56 Å². The van der Waals surface area contributed by atoms with Crippen LogP contribution >= 0.6 is 0 Å². The molecule has 0 atom stereocenters. The van der Waals surface area contributed by atoms with Gasteiger partial charge in [0.25, 0.3) is 0 Å². The quantitative estimate of drug-likeness (QED) is 0.160. The summed E-state index contributed by atoms with van der Waals surface area (Å²) >= 11 is 0. The summed E-state index contributed by atoms with van der Waals surface area (Å²) in [7, 11) is 0. The molecule has 0 N–H and O–H groups in total. The Bertz CT molecular complexity index is 3260. The van der Waals surface area contributed by atoms with Crippen molar-refractivity contribution in [3.05, 3.63) is 203 Å². The lowest BCUT2D eigenvalue weighted by molar-refractivity contribution is -0.137. The van der Waals surface area contributed by atoms with Gasteiger partial charge in [0.1, 0.15) is 0 Å². The second-order valence-electron chi connectivity index (χ2n) is 17.2. The first-order valence-electron chi connectivity index (χ1n) is 21.8. The zero-order valence-electron chi connectivity index (χ0n) is 37.0. The molecule has 2 aromatic heterocycles. The number of benzene rings is 8. The summed E-state index contributed by atoms with van der Waals surface area (Å²) in [5.74, 6) is 1.36. The number of aromatic nitrogens is 4. The van der Waals surface area contributed by atoms with Gasteiger partial charge in [-0.1, -0.05) is 132 Å². The molecule has 8 aromatic carbocycles. The van der Waals surface area contributed by atoms with E-state index in [1.807, 2.05) is 72.8 Å². The highest BCUT2D eigenvalue weighted by molar-refractivity contribution is 6.12. The van der Waals surface area contributed by atoms with Crippen molar-refractivity contribution in [3.63, 3.8) is 0 Å². The van der Waals surface area contributed by atoms with Crippen molar-refractivity contribution in [1.82, 2.24) is 19.5 Å². The molecule has 0 spiro atoms. The third-order valence-electron chi connectivity index (χ3n) is 12.4. The Labute approximate surface area is 376 Å². The molecule has 10 rings (SSSR count). The molecule has 0 unspecified atom stereocenters. The highest BCUT2D eigenvalue weighted by Crippen LogP contribution is 2.44. The molecule has 7 heteroatoms. The minimum Gasteiger partial charge on any atom is -0.308 e. The molecule has 0 saturated heterocycles. The maximum atomic E-state index is 14.8. The SMILES string of the molecule is Cc1cc(C)c(-c2ccc3c(c2)c2cc(-c4c(C)cc(C)cc4C)ccc2n3-c2cc(-c3ccccc3C(F)(F)F)ccc2-c2nc(-c3ccccc3)nc(-c3ccccc3)n2)c(C)c1. The van der Waals surface area contributed by atoms with Crippen LogP contribution in [0.25, 0.3) is 95.0 Å². The smallest absolute Gasteiger partial charge is 0.308 e. The molecule has 0 aliphatic heterocycles. The molecule has 4 nitrogen and oxygen atoms in total. The van der Waals surface area contributed by atoms with Gasteiger partial charge in [-0.3, -0.25) is 0 Å². The number of aryl methyl sites for hydroxylation is 6. The number of halogens is 3. The zero-order chi connectivity index (χ0) is 45.1. The average molecular weight is 855 g/mol. The lowest BCUT2D eigenvalue weighted by Crippen LogP contribution is -2.07. The van der Waals surface area contributed by atoms with Crippen LogP contribution in [0, 0.1) is 41.5 Å². The Balaban J connectivity index is 1.32. The van der Waals surface area contributed by atoms with Crippen molar-refractivity contribution >= 4 is 21.8 Å². The Hall–Kier alpha value is -7.64. The highest BCUT2D eigenvalue weighted by Gasteiger charge is 2.34. The van der Waals surface area contributed by atoms with Gasteiger partial charge < -0.3 is 4.57 Å². The van der Waals surface area contributed by atoms with E-state index in [2.05, 4.69) is 107 Å². The lowest BCUT2D eigenvalue weighted by Gasteiger charge is -2.18. The predicted molar refractivity (Wildman–Crippen MR) is 260 cm³/mol. The fourth-order valence-corrected chi connectivity index (χ4v) is 9.85. The Morgan fingerprint density at radius 2 is 0.815 bits per heavy atom. The van der Waals surface area contributed by atoms with Crippen LogP contribution in [0.2, 0.25) is 0 Å². The predicted octanol–water partition coefficient (Wildman–Crippen LogP) is 15.8. The lowest BCUT2D eigenvalue weighted by atomic mass is 9.91. The molecule has 0 bridgehead atoms. The Kier molecular flexibility index (Phi) is 10.3. The first-order valence-corrected chi connectivity index (χ1v) is 21.8. The first-order chi connectivity index (χ1) is 31.3. The van der Waals surface area contributed by atoms with E-state index in [0.717, 1.165) is 50.1 Å². The molecule has 0 radical (unpaired) electrons. The van der Waals surface area contributed by atoms with E-state index in [0.29, 0.717) is 34.3 Å². The first kappa shape index (κ1) is 41.4. The number of fused-ring (bicyclic) bond motifs is 3. The molecule has 318 valence electrons. The minimum atomic E-state index is -4.57. The topological polar surface area (TPSA) is 43.6 Å². The Morgan fingerprint density at radius 1 is 0.385 bits per heavy atom. The Morgan fingerprint density at radius 3 is 1.29 bits per heavy atom. The van der Waals surface area contributed by atoms with Crippen molar-refractivity contribution in [2.24, 2.45) is 0 Å². The maximum Gasteiger partial charge on any atom is 0.417 e. The molecule has 2 heterocycles. The van der Waals surface area contributed by atoms with Crippen LogP contribution in [-0.4, -0.2) is 19.5 Å². The number of nitrogens with zero attached hydrogens (tertiary/aromatic N) is 4. The van der Waals surface area contributed by atoms with Crippen molar-refractivity contribution in [3.8, 4) is 73.2 Å². The van der Waals surface area contributed by atoms with Crippen LogP contribution in [0.4, 0.5) is 13.2 Å². The van der Waals surface area contributed by atoms with Gasteiger partial charge in [0.2, 0.25) is 0 Å². The van der Waals surface area contributed by atoms with Crippen molar-refractivity contribution < 1.29 is 13.2 Å². The van der Waals surface area contributed by atoms with Gasteiger partial charge in [0.15, 0.2) is 17.5 Å². The average Bonchev–Trinajstić information content (AvgIpc) is 3.61. The van der Waals surface area contributed by atoms with Crippen molar-refractivity contribution in [1.29, 1.82) is 0 Å². The third-order valence-corrected chi connectivity index (χ3v) is 12.4. The van der Waals surface area contributed by atoms with Gasteiger partial charge in [-0.05, 0) is 140 Å². The van der Waals surface area contributed by atoms with Gasteiger partial charge in [-0.15, -0.1) is 0 Å². The third kappa shape index (κ3) is 7.57. The molecule has 0 saturated carbocycles. The minimum absolute atomic E-state index is 0.0828. The van der Waals surface area contributed by atoms with Crippen LogP contribution in [0.15, 0.2) is 164 Å². The summed E-state index contributed by atoms with van der Waals surface area (Å²) in [5.41, 5.74) is 16.2. The normalized spacial score (nSPS) is 11.8. The van der Waals surface area contributed by atoms with Crippen LogP contribution in [0.5, 0.6) is 0 Å². The van der Waals surface area contributed by atoms with Crippen LogP contribution in [0.3, 0.4) is 0 Å². The van der Waals surface area contributed by atoms with E-state index in [1.165, 1.54) is 56.6 Å². The van der Waals surface area contributed by atoms with Crippen LogP contribution < -0.4 is 0 Å². The summed E-state index contributed by atoms with van der Waals surface area (Å²) in [6.45, 7) is 12.9. The standard InChI is InChI=1S/C58H45F3N4/c1-34-27-36(3)53(37(4)28-34)43-22-25-50-47(31-43)48-32-44(54-38(5)29-35(2)30-39(54)6)23-26-51(48)65(50)52-33-42(45-19-13-14-20-49(45)58(59,60)61)21-24-46(52)57-63-55(40-15-9-7-10-16-40)62-56(64-57)41-17-11-8-12-18-41/h7-33H,1-6H3. The summed E-state index contributed by atoms with van der Waals surface area (Å²) in [6, 6.07) is 52.7. The summed E-state index contributed by atoms with van der Waals surface area (Å²) < 4.78 is 46.5. The molecular weight excluding hydrogens is 810 g/mol. The van der Waals surface area contributed by atoms with E-state index in [1.54, 1.807) is 12.1 Å². The molecular formula is C58H45F3N4. The summed E-state index contributed by atoms with van der Waals surface area (Å²) in [4.78, 5) is 15.2. The van der Waals surface area contributed by atoms with Crippen LogP contribution in [0.1, 0.15) is 38.9 Å². The van der Waals surface area contributed by atoms with Gasteiger partial charge in [-0.2, -0.15) is 13.2 Å². The number of alkyl halides is 3. The summed E-state index contributed by atoms with van der Waals surface area (Å²) in [6.07, 6.45) is -4.57. The van der Waals surface area contributed by atoms with E-state index >= 15 is 0 Å². The van der Waals surface area contributed by atoms with Gasteiger partial charge in [0.05, 0.1) is 22.3 Å². The van der Waals surface area contributed by atoms with E-state index < -0.39 is 11.7 Å². The second-order valence-corrected chi connectivity index (χ2v) is 17.2. The molecule has 0 aliphatic carbocycles. The van der Waals surface area contributed by atoms with Crippen LogP contribution in [-0.2, 0) is 6.18 Å². The second kappa shape index (κ2) is 16.2. The van der Waals surface area contributed by atoms with Gasteiger partial charge in [0, 0.05) is 27.5 Å². The molecule has 0 fully saturated rings. The zero-order valence-corrected chi connectivity index (χ0v) is 37.0. The van der Waals surface area contributed by atoms with Gasteiger partial charge >= 0.3 is 6.18 Å². The number of hydrogen-bond donors (Lipinski definition) is 0. The van der Waals surface area contributed by atoms with Crippen molar-refractivity contribution in [2.75, 3.05) is 0 Å². The molecule has 0 amide bonds. The van der Waals surface area contributed by atoms with E-state index in [4.69, 9.17) is 15.0 Å².